The van der Waals surface area contributed by atoms with Gasteiger partial charge in [0.25, 0.3) is 0 Å². The average molecular weight is 280 g/mol. The summed E-state index contributed by atoms with van der Waals surface area (Å²) in [6.07, 6.45) is 6.27. The summed E-state index contributed by atoms with van der Waals surface area (Å²) in [5.74, 6) is 0.284. The molecule has 0 saturated heterocycles. The van der Waals surface area contributed by atoms with Gasteiger partial charge in [0.2, 0.25) is 0 Å². The SMILES string of the molecule is CCCCCCCC(=O)C[S@@](=O)c1ccc(C)cc1. The van der Waals surface area contributed by atoms with Gasteiger partial charge in [-0.2, -0.15) is 0 Å². The quantitative estimate of drug-likeness (QED) is 0.640. The largest absolute Gasteiger partial charge is 0.299 e. The van der Waals surface area contributed by atoms with Crippen molar-refractivity contribution in [3.05, 3.63) is 29.8 Å². The standard InChI is InChI=1S/C16H24O2S/c1-3-4-5-6-7-8-15(17)13-19(18)16-11-9-14(2)10-12-16/h9-12H,3-8,13H2,1-2H3/t19-/m1/s1. The number of ketones is 1. The Kier molecular flexibility index (Phi) is 7.65. The number of rotatable bonds is 9. The number of hydrogen-bond donors (Lipinski definition) is 0. The maximum Gasteiger partial charge on any atom is 0.145 e. The molecule has 0 radical (unpaired) electrons. The van der Waals surface area contributed by atoms with Gasteiger partial charge in [0, 0.05) is 11.3 Å². The molecule has 0 aliphatic rings. The van der Waals surface area contributed by atoms with Crippen molar-refractivity contribution < 1.29 is 9.00 Å². The van der Waals surface area contributed by atoms with Crippen LogP contribution >= 0.6 is 0 Å². The van der Waals surface area contributed by atoms with Crippen LogP contribution in [0.15, 0.2) is 29.2 Å². The number of Topliss-reactive ketones (excluding diaryl/α,β-unsaturated/α-hetero) is 1. The molecule has 0 spiro atoms. The first-order chi connectivity index (χ1) is 9.13. The zero-order chi connectivity index (χ0) is 14.1. The Morgan fingerprint density at radius 1 is 1.05 bits per heavy atom. The summed E-state index contributed by atoms with van der Waals surface area (Å²) in [5.41, 5.74) is 1.14. The second kappa shape index (κ2) is 9.03. The summed E-state index contributed by atoms with van der Waals surface area (Å²) >= 11 is 0. The molecule has 2 nitrogen and oxygen atoms in total. The Morgan fingerprint density at radius 2 is 1.68 bits per heavy atom. The summed E-state index contributed by atoms with van der Waals surface area (Å²) in [6, 6.07) is 7.56. The first-order valence-electron chi connectivity index (χ1n) is 7.10. The van der Waals surface area contributed by atoms with Crippen LogP contribution in [0.5, 0.6) is 0 Å². The fourth-order valence-corrected chi connectivity index (χ4v) is 2.96. The van der Waals surface area contributed by atoms with Crippen LogP contribution in [-0.4, -0.2) is 15.7 Å². The molecule has 0 aliphatic carbocycles. The topological polar surface area (TPSA) is 34.1 Å². The summed E-state index contributed by atoms with van der Waals surface area (Å²) in [6.45, 7) is 4.17. The van der Waals surface area contributed by atoms with Crippen LogP contribution in [0.3, 0.4) is 0 Å². The number of hydrogen-bond acceptors (Lipinski definition) is 2. The smallest absolute Gasteiger partial charge is 0.145 e. The van der Waals surface area contributed by atoms with Gasteiger partial charge < -0.3 is 0 Å². The van der Waals surface area contributed by atoms with Crippen molar-refractivity contribution in [1.29, 1.82) is 0 Å². The van der Waals surface area contributed by atoms with Crippen LogP contribution in [-0.2, 0) is 15.6 Å². The number of carbonyl (C=O) groups is 1. The summed E-state index contributed by atoms with van der Waals surface area (Å²) < 4.78 is 12.0. The van der Waals surface area contributed by atoms with Gasteiger partial charge in [-0.1, -0.05) is 50.3 Å². The highest BCUT2D eigenvalue weighted by Gasteiger charge is 2.09. The van der Waals surface area contributed by atoms with Crippen molar-refractivity contribution in [1.82, 2.24) is 0 Å². The molecular weight excluding hydrogens is 256 g/mol. The highest BCUT2D eigenvalue weighted by molar-refractivity contribution is 7.85. The first kappa shape index (κ1) is 16.1. The van der Waals surface area contributed by atoms with Gasteiger partial charge >= 0.3 is 0 Å². The predicted octanol–water partition coefficient (Wildman–Crippen LogP) is 4.03. The van der Waals surface area contributed by atoms with Crippen molar-refractivity contribution in [3.63, 3.8) is 0 Å². The minimum Gasteiger partial charge on any atom is -0.299 e. The van der Waals surface area contributed by atoms with E-state index in [0.29, 0.717) is 6.42 Å². The molecule has 19 heavy (non-hydrogen) atoms. The molecule has 3 heteroatoms. The lowest BCUT2D eigenvalue weighted by Crippen LogP contribution is -2.10. The Hall–Kier alpha value is -0.960. The Labute approximate surface area is 119 Å². The van der Waals surface area contributed by atoms with E-state index >= 15 is 0 Å². The lowest BCUT2D eigenvalue weighted by atomic mass is 10.1. The summed E-state index contributed by atoms with van der Waals surface area (Å²) in [7, 11) is -1.18. The molecule has 0 saturated carbocycles. The predicted molar refractivity (Wildman–Crippen MR) is 80.8 cm³/mol. The summed E-state index contributed by atoms with van der Waals surface area (Å²) in [5, 5.41) is 0. The molecule has 0 unspecified atom stereocenters. The molecule has 0 amide bonds. The molecule has 1 aromatic carbocycles. The monoisotopic (exact) mass is 280 g/mol. The third kappa shape index (κ3) is 6.67. The maximum atomic E-state index is 12.0. The second-order valence-corrected chi connectivity index (χ2v) is 6.46. The molecule has 0 N–H and O–H groups in total. The van der Waals surface area contributed by atoms with E-state index in [-0.39, 0.29) is 11.5 Å². The van der Waals surface area contributed by atoms with E-state index in [1.807, 2.05) is 31.2 Å². The van der Waals surface area contributed by atoms with Gasteiger partial charge in [-0.05, 0) is 25.5 Å². The van der Waals surface area contributed by atoms with Gasteiger partial charge in [0.15, 0.2) is 0 Å². The Balaban J connectivity index is 2.28. The molecule has 1 rings (SSSR count). The van der Waals surface area contributed by atoms with E-state index in [1.54, 1.807) is 0 Å². The van der Waals surface area contributed by atoms with Crippen LogP contribution in [0.1, 0.15) is 51.0 Å². The normalized spacial score (nSPS) is 12.3. The van der Waals surface area contributed by atoms with E-state index in [0.717, 1.165) is 23.3 Å². The zero-order valence-corrected chi connectivity index (χ0v) is 12.8. The van der Waals surface area contributed by atoms with Crippen LogP contribution in [0.2, 0.25) is 0 Å². The van der Waals surface area contributed by atoms with Crippen molar-refractivity contribution in [2.75, 3.05) is 5.75 Å². The molecular formula is C16H24O2S. The molecule has 0 aliphatic heterocycles. The van der Waals surface area contributed by atoms with Crippen LogP contribution in [0.4, 0.5) is 0 Å². The van der Waals surface area contributed by atoms with Crippen molar-refractivity contribution in [2.24, 2.45) is 0 Å². The third-order valence-electron chi connectivity index (χ3n) is 3.14. The minimum absolute atomic E-state index is 0.121. The highest BCUT2D eigenvalue weighted by atomic mass is 32.2. The van der Waals surface area contributed by atoms with E-state index in [4.69, 9.17) is 0 Å². The zero-order valence-electron chi connectivity index (χ0n) is 12.0. The summed E-state index contributed by atoms with van der Waals surface area (Å²) in [4.78, 5) is 12.5. The molecule has 106 valence electrons. The van der Waals surface area contributed by atoms with Crippen molar-refractivity contribution in [3.8, 4) is 0 Å². The van der Waals surface area contributed by atoms with E-state index < -0.39 is 10.8 Å². The van der Waals surface area contributed by atoms with Gasteiger partial charge in [0.05, 0.1) is 16.6 Å². The van der Waals surface area contributed by atoms with Crippen molar-refractivity contribution in [2.45, 2.75) is 57.3 Å². The molecule has 0 aromatic heterocycles. The second-order valence-electron chi connectivity index (χ2n) is 5.01. The lowest BCUT2D eigenvalue weighted by Gasteiger charge is -2.03. The van der Waals surface area contributed by atoms with Crippen LogP contribution in [0.25, 0.3) is 0 Å². The molecule has 0 fully saturated rings. The van der Waals surface area contributed by atoms with Gasteiger partial charge in [-0.25, -0.2) is 0 Å². The number of aryl methyl sites for hydroxylation is 1. The minimum atomic E-state index is -1.18. The van der Waals surface area contributed by atoms with E-state index in [1.165, 1.54) is 19.3 Å². The highest BCUT2D eigenvalue weighted by Crippen LogP contribution is 2.10. The fourth-order valence-electron chi connectivity index (χ4n) is 1.92. The lowest BCUT2D eigenvalue weighted by molar-refractivity contribution is -0.116. The number of benzene rings is 1. The number of carbonyl (C=O) groups excluding carboxylic acids is 1. The Morgan fingerprint density at radius 3 is 2.32 bits per heavy atom. The molecule has 0 heterocycles. The average Bonchev–Trinajstić information content (AvgIpc) is 2.39. The van der Waals surface area contributed by atoms with Crippen molar-refractivity contribution >= 4 is 16.6 Å². The Bertz CT molecular complexity index is 409. The van der Waals surface area contributed by atoms with Crippen LogP contribution in [0, 0.1) is 6.92 Å². The molecule has 0 bridgehead atoms. The molecule has 1 aromatic rings. The van der Waals surface area contributed by atoms with Gasteiger partial charge in [-0.3, -0.25) is 9.00 Å². The first-order valence-corrected chi connectivity index (χ1v) is 8.42. The number of unbranched alkanes of at least 4 members (excludes halogenated alkanes) is 4. The maximum absolute atomic E-state index is 12.0. The van der Waals surface area contributed by atoms with Gasteiger partial charge in [-0.15, -0.1) is 0 Å². The van der Waals surface area contributed by atoms with E-state index in [9.17, 15) is 9.00 Å². The molecule has 1 atom stereocenters. The fraction of sp³-hybridized carbons (Fsp3) is 0.562. The van der Waals surface area contributed by atoms with Gasteiger partial charge in [0.1, 0.15) is 5.78 Å². The van der Waals surface area contributed by atoms with E-state index in [2.05, 4.69) is 6.92 Å². The van der Waals surface area contributed by atoms with Crippen LogP contribution < -0.4 is 0 Å². The third-order valence-corrected chi connectivity index (χ3v) is 4.52.